The van der Waals surface area contributed by atoms with E-state index in [9.17, 15) is 4.79 Å². The first-order chi connectivity index (χ1) is 8.34. The second kappa shape index (κ2) is 6.21. The molecule has 4 heteroatoms. The van der Waals surface area contributed by atoms with Gasteiger partial charge < -0.3 is 10.2 Å². The summed E-state index contributed by atoms with van der Waals surface area (Å²) in [5, 5.41) is 3.60. The highest BCUT2D eigenvalue weighted by atomic mass is 35.5. The van der Waals surface area contributed by atoms with Crippen LogP contribution >= 0.6 is 11.6 Å². The van der Waals surface area contributed by atoms with Crippen molar-refractivity contribution in [2.75, 3.05) is 27.2 Å². The second-order valence-electron chi connectivity index (χ2n) is 5.19. The maximum Gasteiger partial charge on any atom is 0.230 e. The summed E-state index contributed by atoms with van der Waals surface area (Å²) in [6.45, 7) is 5.29. The van der Waals surface area contributed by atoms with Gasteiger partial charge in [0.2, 0.25) is 5.91 Å². The smallest absolute Gasteiger partial charge is 0.230 e. The van der Waals surface area contributed by atoms with Crippen molar-refractivity contribution in [3.8, 4) is 0 Å². The van der Waals surface area contributed by atoms with Crippen LogP contribution in [0.3, 0.4) is 0 Å². The zero-order chi connectivity index (χ0) is 13.8. The molecule has 0 aliphatic carbocycles. The van der Waals surface area contributed by atoms with E-state index in [1.165, 1.54) is 0 Å². The lowest BCUT2D eigenvalue weighted by Gasteiger charge is -2.24. The fraction of sp³-hybridized carbons (Fsp3) is 0.500. The van der Waals surface area contributed by atoms with E-state index in [0.29, 0.717) is 11.6 Å². The molecule has 0 radical (unpaired) electrons. The molecule has 1 N–H and O–H groups in total. The number of amides is 1. The van der Waals surface area contributed by atoms with Gasteiger partial charge in [-0.2, -0.15) is 0 Å². The number of nitrogens with one attached hydrogen (secondary N) is 1. The Morgan fingerprint density at radius 3 is 2.61 bits per heavy atom. The Morgan fingerprint density at radius 2 is 2.06 bits per heavy atom. The first-order valence-electron chi connectivity index (χ1n) is 6.03. The van der Waals surface area contributed by atoms with Gasteiger partial charge in [0, 0.05) is 18.1 Å². The lowest BCUT2D eigenvalue weighted by atomic mass is 9.84. The normalized spacial score (nSPS) is 11.7. The third kappa shape index (κ3) is 4.00. The van der Waals surface area contributed by atoms with Crippen molar-refractivity contribution < 1.29 is 4.79 Å². The molecule has 0 fully saturated rings. The molecule has 1 rings (SSSR count). The highest BCUT2D eigenvalue weighted by Crippen LogP contribution is 2.25. The molecule has 0 spiro atoms. The molecular weight excluding hydrogens is 248 g/mol. The summed E-state index contributed by atoms with van der Waals surface area (Å²) >= 11 is 5.96. The molecule has 0 saturated heterocycles. The first-order valence-corrected chi connectivity index (χ1v) is 6.41. The van der Waals surface area contributed by atoms with Gasteiger partial charge in [-0.3, -0.25) is 4.79 Å². The zero-order valence-electron chi connectivity index (χ0n) is 11.5. The number of hydrogen-bond donors (Lipinski definition) is 1. The minimum Gasteiger partial charge on any atom is -0.354 e. The molecule has 0 unspecified atom stereocenters. The molecule has 100 valence electrons. The van der Waals surface area contributed by atoms with Crippen LogP contribution in [0.25, 0.3) is 0 Å². The van der Waals surface area contributed by atoms with Crippen LogP contribution in [0, 0.1) is 0 Å². The summed E-state index contributed by atoms with van der Waals surface area (Å²) in [6, 6.07) is 7.45. The van der Waals surface area contributed by atoms with Gasteiger partial charge >= 0.3 is 0 Å². The van der Waals surface area contributed by atoms with Crippen molar-refractivity contribution in [3.63, 3.8) is 0 Å². The van der Waals surface area contributed by atoms with Crippen molar-refractivity contribution in [1.29, 1.82) is 0 Å². The van der Waals surface area contributed by atoms with E-state index in [4.69, 9.17) is 11.6 Å². The summed E-state index contributed by atoms with van der Waals surface area (Å²) in [6.07, 6.45) is 0. The van der Waals surface area contributed by atoms with E-state index >= 15 is 0 Å². The van der Waals surface area contributed by atoms with E-state index in [1.54, 1.807) is 0 Å². The largest absolute Gasteiger partial charge is 0.354 e. The van der Waals surface area contributed by atoms with Crippen LogP contribution in [0.4, 0.5) is 0 Å². The molecule has 0 heterocycles. The molecule has 3 nitrogen and oxygen atoms in total. The van der Waals surface area contributed by atoms with Gasteiger partial charge in [0.25, 0.3) is 0 Å². The van der Waals surface area contributed by atoms with Crippen molar-refractivity contribution in [2.45, 2.75) is 19.3 Å². The summed E-state index contributed by atoms with van der Waals surface area (Å²) < 4.78 is 0. The Morgan fingerprint density at radius 1 is 1.39 bits per heavy atom. The molecule has 18 heavy (non-hydrogen) atoms. The Balaban J connectivity index is 2.70. The van der Waals surface area contributed by atoms with Crippen LogP contribution in [0.2, 0.25) is 5.02 Å². The summed E-state index contributed by atoms with van der Waals surface area (Å²) in [5.41, 5.74) is 0.356. The summed E-state index contributed by atoms with van der Waals surface area (Å²) in [7, 11) is 3.96. The van der Waals surface area contributed by atoms with Gasteiger partial charge in [0.15, 0.2) is 0 Å². The Labute approximate surface area is 114 Å². The van der Waals surface area contributed by atoms with E-state index in [1.807, 2.05) is 57.1 Å². The highest BCUT2D eigenvalue weighted by molar-refractivity contribution is 6.30. The van der Waals surface area contributed by atoms with Crippen LogP contribution < -0.4 is 5.32 Å². The third-order valence-electron chi connectivity index (χ3n) is 2.96. The quantitative estimate of drug-likeness (QED) is 0.889. The summed E-state index contributed by atoms with van der Waals surface area (Å²) in [4.78, 5) is 14.2. The van der Waals surface area contributed by atoms with Gasteiger partial charge in [0.1, 0.15) is 0 Å². The van der Waals surface area contributed by atoms with Crippen LogP contribution in [0.15, 0.2) is 24.3 Å². The van der Waals surface area contributed by atoms with E-state index in [2.05, 4.69) is 5.32 Å². The standard InChI is InChI=1S/C14H21ClN2O/c1-14(2,11-6-5-7-12(15)10-11)13(18)16-8-9-17(3)4/h5-7,10H,8-9H2,1-4H3,(H,16,18). The van der Waals surface area contributed by atoms with E-state index in [-0.39, 0.29) is 5.91 Å². The third-order valence-corrected chi connectivity index (χ3v) is 3.19. The minimum absolute atomic E-state index is 0.0200. The number of rotatable bonds is 5. The lowest BCUT2D eigenvalue weighted by Crippen LogP contribution is -2.42. The molecule has 0 bridgehead atoms. The fourth-order valence-corrected chi connectivity index (χ4v) is 1.81. The first kappa shape index (κ1) is 15.0. The number of likely N-dealkylation sites (N-methyl/N-ethyl adjacent to an activating group) is 1. The van der Waals surface area contributed by atoms with Crippen LogP contribution in [-0.4, -0.2) is 38.0 Å². The number of carbonyl (C=O) groups is 1. The molecule has 0 aliphatic rings. The number of carbonyl (C=O) groups excluding carboxylic acids is 1. The zero-order valence-corrected chi connectivity index (χ0v) is 12.2. The molecule has 1 aromatic rings. The van der Waals surface area contributed by atoms with Gasteiger partial charge in [-0.25, -0.2) is 0 Å². The topological polar surface area (TPSA) is 32.3 Å². The number of benzene rings is 1. The Kier molecular flexibility index (Phi) is 5.17. The number of hydrogen-bond acceptors (Lipinski definition) is 2. The molecule has 0 atom stereocenters. The number of halogens is 1. The van der Waals surface area contributed by atoms with Crippen LogP contribution in [0.5, 0.6) is 0 Å². The molecule has 1 aromatic carbocycles. The SMILES string of the molecule is CN(C)CCNC(=O)C(C)(C)c1cccc(Cl)c1. The maximum absolute atomic E-state index is 12.2. The van der Waals surface area contributed by atoms with Crippen LogP contribution in [0.1, 0.15) is 19.4 Å². The van der Waals surface area contributed by atoms with Crippen molar-refractivity contribution in [1.82, 2.24) is 10.2 Å². The second-order valence-corrected chi connectivity index (χ2v) is 5.63. The highest BCUT2D eigenvalue weighted by Gasteiger charge is 2.29. The van der Waals surface area contributed by atoms with Crippen LogP contribution in [-0.2, 0) is 10.2 Å². The Hall–Kier alpha value is -1.06. The molecule has 1 amide bonds. The predicted molar refractivity (Wildman–Crippen MR) is 76.0 cm³/mol. The van der Waals surface area contributed by atoms with Crippen molar-refractivity contribution in [2.24, 2.45) is 0 Å². The van der Waals surface area contributed by atoms with Crippen molar-refractivity contribution >= 4 is 17.5 Å². The van der Waals surface area contributed by atoms with Gasteiger partial charge in [-0.1, -0.05) is 23.7 Å². The lowest BCUT2D eigenvalue weighted by molar-refractivity contribution is -0.125. The van der Waals surface area contributed by atoms with E-state index in [0.717, 1.165) is 12.1 Å². The monoisotopic (exact) mass is 268 g/mol. The molecule has 0 saturated carbocycles. The van der Waals surface area contributed by atoms with Gasteiger partial charge in [-0.05, 0) is 45.6 Å². The summed E-state index contributed by atoms with van der Waals surface area (Å²) in [5.74, 6) is 0.0200. The molecule has 0 aliphatic heterocycles. The average molecular weight is 269 g/mol. The van der Waals surface area contributed by atoms with Gasteiger partial charge in [0.05, 0.1) is 5.41 Å². The van der Waals surface area contributed by atoms with Crippen molar-refractivity contribution in [3.05, 3.63) is 34.9 Å². The molecular formula is C14H21ClN2O. The minimum atomic E-state index is -0.572. The number of nitrogens with zero attached hydrogens (tertiary/aromatic N) is 1. The maximum atomic E-state index is 12.2. The van der Waals surface area contributed by atoms with E-state index < -0.39 is 5.41 Å². The average Bonchev–Trinajstić information content (AvgIpc) is 2.28. The Bertz CT molecular complexity index is 416. The fourth-order valence-electron chi connectivity index (χ4n) is 1.62. The van der Waals surface area contributed by atoms with Gasteiger partial charge in [-0.15, -0.1) is 0 Å². The molecule has 0 aromatic heterocycles. The predicted octanol–water partition coefficient (Wildman–Crippen LogP) is 2.30.